The Kier molecular flexibility index (Phi) is 4.95. The van der Waals surface area contributed by atoms with Crippen molar-refractivity contribution in [2.24, 2.45) is 5.92 Å². The van der Waals surface area contributed by atoms with Crippen molar-refractivity contribution >= 4 is 5.69 Å². The molecule has 2 aliphatic rings. The molecular weight excluding hydrogens is 340 g/mol. The van der Waals surface area contributed by atoms with E-state index in [9.17, 15) is 10.4 Å². The lowest BCUT2D eigenvalue weighted by Gasteiger charge is -2.40. The van der Waals surface area contributed by atoms with Gasteiger partial charge in [-0.1, -0.05) is 0 Å². The van der Waals surface area contributed by atoms with E-state index in [1.165, 1.54) is 12.8 Å². The number of aliphatic hydroxyl groups excluding tert-OH is 1. The van der Waals surface area contributed by atoms with Gasteiger partial charge in [-0.3, -0.25) is 0 Å². The zero-order valence-corrected chi connectivity index (χ0v) is 15.5. The minimum Gasteiger partial charge on any atom is -0.477 e. The van der Waals surface area contributed by atoms with Crippen LogP contribution in [-0.4, -0.2) is 40.4 Å². The first-order valence-corrected chi connectivity index (χ1v) is 9.65. The molecule has 27 heavy (non-hydrogen) atoms. The summed E-state index contributed by atoms with van der Waals surface area (Å²) in [6, 6.07) is 10.2. The number of pyridine rings is 2. The predicted octanol–water partition coefficient (Wildman–Crippen LogP) is 3.15. The highest BCUT2D eigenvalue weighted by atomic mass is 16.5. The molecule has 0 spiro atoms. The van der Waals surface area contributed by atoms with Crippen molar-refractivity contribution in [2.45, 2.75) is 44.8 Å². The van der Waals surface area contributed by atoms with Crippen LogP contribution in [0.3, 0.4) is 0 Å². The van der Waals surface area contributed by atoms with Gasteiger partial charge in [0.15, 0.2) is 5.69 Å². The number of aliphatic hydroxyl groups is 1. The minimum atomic E-state index is -0.242. The summed E-state index contributed by atoms with van der Waals surface area (Å²) in [5.74, 6) is 1.15. The molecule has 3 heterocycles. The van der Waals surface area contributed by atoms with Crippen LogP contribution in [0.5, 0.6) is 5.88 Å². The third kappa shape index (κ3) is 3.60. The molecule has 0 amide bonds. The number of hydrogen-bond donors (Lipinski definition) is 1. The average Bonchev–Trinajstić information content (AvgIpc) is 3.53. The van der Waals surface area contributed by atoms with Crippen LogP contribution in [0.1, 0.15) is 38.3 Å². The Labute approximate surface area is 159 Å². The normalized spacial score (nSPS) is 22.3. The third-order valence-electron chi connectivity index (χ3n) is 5.40. The fourth-order valence-electron chi connectivity index (χ4n) is 3.96. The van der Waals surface area contributed by atoms with Gasteiger partial charge in [-0.25, -0.2) is 9.97 Å². The zero-order valence-electron chi connectivity index (χ0n) is 15.5. The van der Waals surface area contributed by atoms with E-state index in [1.54, 1.807) is 6.20 Å². The molecule has 0 radical (unpaired) electrons. The second kappa shape index (κ2) is 7.53. The molecule has 4 rings (SSSR count). The molecule has 1 saturated carbocycles. The summed E-state index contributed by atoms with van der Waals surface area (Å²) in [5, 5.41) is 19.8. The van der Waals surface area contributed by atoms with Gasteiger partial charge in [-0.2, -0.15) is 5.26 Å². The standard InChI is InChI=1S/C21H24N4O2/c1-2-27-21-16(4-3-10-23-21)17-7-8-19(18(13-22)24-17)25-11-9-15(26)12-20(25)14-5-6-14/h3-4,7-8,10,14-15,20,26H,2,5-6,9,11-12H2,1H3/t15-,20-/m1/s1. The van der Waals surface area contributed by atoms with Crippen molar-refractivity contribution in [1.82, 2.24) is 9.97 Å². The van der Waals surface area contributed by atoms with Crippen molar-refractivity contribution in [3.05, 3.63) is 36.2 Å². The lowest BCUT2D eigenvalue weighted by Crippen LogP contribution is -2.46. The molecule has 2 aromatic rings. The van der Waals surface area contributed by atoms with Crippen LogP contribution in [0, 0.1) is 17.2 Å². The van der Waals surface area contributed by atoms with Gasteiger partial charge in [0.2, 0.25) is 5.88 Å². The lowest BCUT2D eigenvalue weighted by molar-refractivity contribution is 0.123. The van der Waals surface area contributed by atoms with Crippen LogP contribution in [0.25, 0.3) is 11.3 Å². The number of anilines is 1. The molecule has 6 nitrogen and oxygen atoms in total. The van der Waals surface area contributed by atoms with Crippen molar-refractivity contribution in [2.75, 3.05) is 18.1 Å². The van der Waals surface area contributed by atoms with Gasteiger partial charge in [0, 0.05) is 18.8 Å². The average molecular weight is 364 g/mol. The van der Waals surface area contributed by atoms with Crippen LogP contribution < -0.4 is 9.64 Å². The first-order valence-electron chi connectivity index (χ1n) is 9.65. The molecular formula is C21H24N4O2. The smallest absolute Gasteiger partial charge is 0.222 e. The molecule has 2 atom stereocenters. The molecule has 2 fully saturated rings. The molecule has 0 unspecified atom stereocenters. The van der Waals surface area contributed by atoms with Gasteiger partial charge in [-0.05, 0) is 62.8 Å². The molecule has 1 aliphatic carbocycles. The summed E-state index contributed by atoms with van der Waals surface area (Å²) in [6.45, 7) is 3.19. The van der Waals surface area contributed by atoms with E-state index in [1.807, 2.05) is 31.2 Å². The van der Waals surface area contributed by atoms with Gasteiger partial charge < -0.3 is 14.7 Å². The maximum Gasteiger partial charge on any atom is 0.222 e. The molecule has 0 bridgehead atoms. The summed E-state index contributed by atoms with van der Waals surface area (Å²) >= 11 is 0. The Morgan fingerprint density at radius 1 is 1.30 bits per heavy atom. The van der Waals surface area contributed by atoms with E-state index >= 15 is 0 Å². The van der Waals surface area contributed by atoms with E-state index < -0.39 is 0 Å². The van der Waals surface area contributed by atoms with Gasteiger partial charge >= 0.3 is 0 Å². The van der Waals surface area contributed by atoms with E-state index in [4.69, 9.17) is 4.74 Å². The number of aromatic nitrogens is 2. The summed E-state index contributed by atoms with van der Waals surface area (Å²) in [7, 11) is 0. The number of ether oxygens (including phenoxy) is 1. The molecule has 1 N–H and O–H groups in total. The zero-order chi connectivity index (χ0) is 18.8. The van der Waals surface area contributed by atoms with Crippen molar-refractivity contribution in [3.63, 3.8) is 0 Å². The highest BCUT2D eigenvalue weighted by molar-refractivity contribution is 5.69. The molecule has 1 aliphatic heterocycles. The largest absolute Gasteiger partial charge is 0.477 e. The van der Waals surface area contributed by atoms with E-state index in [0.717, 1.165) is 30.6 Å². The maximum absolute atomic E-state index is 10.1. The molecule has 1 saturated heterocycles. The lowest BCUT2D eigenvalue weighted by atomic mass is 9.94. The Morgan fingerprint density at radius 3 is 2.89 bits per heavy atom. The minimum absolute atomic E-state index is 0.242. The highest BCUT2D eigenvalue weighted by Crippen LogP contribution is 2.42. The monoisotopic (exact) mass is 364 g/mol. The molecule has 140 valence electrons. The van der Waals surface area contributed by atoms with Gasteiger partial charge in [0.1, 0.15) is 6.07 Å². The maximum atomic E-state index is 10.1. The Balaban J connectivity index is 1.69. The molecule has 2 aromatic heterocycles. The second-order valence-electron chi connectivity index (χ2n) is 7.24. The van der Waals surface area contributed by atoms with E-state index in [2.05, 4.69) is 20.9 Å². The van der Waals surface area contributed by atoms with Crippen molar-refractivity contribution in [3.8, 4) is 23.2 Å². The summed E-state index contributed by atoms with van der Waals surface area (Å²) < 4.78 is 5.61. The highest BCUT2D eigenvalue weighted by Gasteiger charge is 2.39. The quantitative estimate of drug-likeness (QED) is 0.878. The Bertz CT molecular complexity index is 860. The predicted molar refractivity (Wildman–Crippen MR) is 102 cm³/mol. The first kappa shape index (κ1) is 17.7. The van der Waals surface area contributed by atoms with Crippen LogP contribution in [0.15, 0.2) is 30.5 Å². The van der Waals surface area contributed by atoms with Gasteiger partial charge in [0.05, 0.1) is 29.7 Å². The van der Waals surface area contributed by atoms with Crippen LogP contribution in [-0.2, 0) is 0 Å². The van der Waals surface area contributed by atoms with Crippen molar-refractivity contribution in [1.29, 1.82) is 5.26 Å². The molecule has 0 aromatic carbocycles. The fourth-order valence-corrected chi connectivity index (χ4v) is 3.96. The van der Waals surface area contributed by atoms with Crippen LogP contribution in [0.4, 0.5) is 5.69 Å². The number of hydrogen-bond acceptors (Lipinski definition) is 6. The number of nitrogens with zero attached hydrogens (tertiary/aromatic N) is 4. The van der Waals surface area contributed by atoms with Gasteiger partial charge in [-0.15, -0.1) is 0 Å². The first-order chi connectivity index (χ1) is 13.2. The summed E-state index contributed by atoms with van der Waals surface area (Å²) in [6.07, 6.45) is 5.35. The van der Waals surface area contributed by atoms with Gasteiger partial charge in [0.25, 0.3) is 0 Å². The number of piperidine rings is 1. The van der Waals surface area contributed by atoms with Crippen LogP contribution in [0.2, 0.25) is 0 Å². The Morgan fingerprint density at radius 2 is 2.15 bits per heavy atom. The summed E-state index contributed by atoms with van der Waals surface area (Å²) in [4.78, 5) is 11.2. The molecule has 6 heteroatoms. The Hall–Kier alpha value is -2.65. The fraction of sp³-hybridized carbons (Fsp3) is 0.476. The number of nitriles is 1. The second-order valence-corrected chi connectivity index (χ2v) is 7.24. The van der Waals surface area contributed by atoms with Crippen molar-refractivity contribution < 1.29 is 9.84 Å². The topological polar surface area (TPSA) is 82.3 Å². The van der Waals surface area contributed by atoms with Crippen LogP contribution >= 0.6 is 0 Å². The van der Waals surface area contributed by atoms with E-state index in [-0.39, 0.29) is 6.10 Å². The van der Waals surface area contributed by atoms with E-state index in [0.29, 0.717) is 35.8 Å². The number of rotatable bonds is 5. The summed E-state index contributed by atoms with van der Waals surface area (Å²) in [5.41, 5.74) is 2.76. The third-order valence-corrected chi connectivity index (χ3v) is 5.40. The SMILES string of the molecule is CCOc1ncccc1-c1ccc(N2CC[C@@H](O)C[C@@H]2C2CC2)c(C#N)n1.